The van der Waals surface area contributed by atoms with Crippen LogP contribution in [0.15, 0.2) is 158 Å². The van der Waals surface area contributed by atoms with Crippen molar-refractivity contribution < 1.29 is 28.7 Å². The Bertz CT molecular complexity index is 1950. The second-order valence-corrected chi connectivity index (χ2v) is 29.5. The summed E-state index contributed by atoms with van der Waals surface area (Å²) in [5.41, 5.74) is 0. The average molecular weight is 761 g/mol. The molecule has 0 aliphatic carbocycles. The first-order valence-electron chi connectivity index (χ1n) is 17.3. The zero-order valence-corrected chi connectivity index (χ0v) is 34.6. The predicted octanol–water partition coefficient (Wildman–Crippen LogP) is 5.83. The smallest absolute Gasteiger partial charge is 0.242 e. The highest BCUT2D eigenvalue weighted by Gasteiger charge is 2.45. The fourth-order valence-electron chi connectivity index (χ4n) is 6.61. The normalized spacial score (nSPS) is 14.0. The summed E-state index contributed by atoms with van der Waals surface area (Å²) in [5.74, 6) is 1.01. The van der Waals surface area contributed by atoms with E-state index in [0.717, 1.165) is 31.1 Å². The van der Waals surface area contributed by atoms with E-state index in [2.05, 4.69) is 63.5 Å². The van der Waals surface area contributed by atoms with E-state index in [1.165, 1.54) is 0 Å². The number of hydrogen-bond acceptors (Lipinski definition) is 6. The average Bonchev–Trinajstić information content (AvgIpc) is 3.12. The standard InChI is InChI=1S/C26H26O3Si2.C16H22O3Si2/c1-30(23-13-5-3-6-14-23,25-17-9-11-21(27)19-25)29-31(2,24-15-7-4-8-16-24)26-18-10-12-22(28)20-26;1-20(2,15-9-5-7-13(17)11-15)19-21(3,4)16-10-6-8-14(18)12-16/h3-20,27-28H,1-2H3;5-12,17-18H,1-4H3. The van der Waals surface area contributed by atoms with Crippen molar-refractivity contribution >= 4 is 64.4 Å². The van der Waals surface area contributed by atoms with Crippen LogP contribution in [-0.2, 0) is 8.23 Å². The summed E-state index contributed by atoms with van der Waals surface area (Å²) in [7, 11) is -9.72. The monoisotopic (exact) mass is 760 g/mol. The SMILES string of the molecule is C[Si](C)(O[Si](C)(C)c1cccc(O)c1)c1cccc(O)c1.C[Si](O[Si](C)(c1ccccc1)c1cccc(O)c1)(c1ccccc1)c1cccc(O)c1. The molecular formula is C42H48O6Si4. The molecule has 0 fully saturated rings. The Balaban J connectivity index is 0.000000217. The van der Waals surface area contributed by atoms with Gasteiger partial charge in [0.15, 0.2) is 0 Å². The molecule has 0 spiro atoms. The van der Waals surface area contributed by atoms with Gasteiger partial charge in [-0.2, -0.15) is 0 Å². The Morgan fingerprint density at radius 1 is 0.308 bits per heavy atom. The van der Waals surface area contributed by atoms with E-state index in [1.807, 2.05) is 97.1 Å². The third-order valence-corrected chi connectivity index (χ3v) is 25.9. The van der Waals surface area contributed by atoms with Gasteiger partial charge in [-0.1, -0.05) is 109 Å². The van der Waals surface area contributed by atoms with Crippen LogP contribution in [0.5, 0.6) is 23.0 Å². The first-order chi connectivity index (χ1) is 24.6. The van der Waals surface area contributed by atoms with Gasteiger partial charge in [-0.25, -0.2) is 0 Å². The molecule has 0 amide bonds. The molecule has 0 bridgehead atoms. The lowest BCUT2D eigenvalue weighted by Gasteiger charge is -2.39. The lowest BCUT2D eigenvalue weighted by Crippen LogP contribution is -2.70. The molecule has 0 saturated heterocycles. The van der Waals surface area contributed by atoms with Gasteiger partial charge in [0.25, 0.3) is 0 Å². The van der Waals surface area contributed by atoms with Gasteiger partial charge >= 0.3 is 0 Å². The molecule has 268 valence electrons. The van der Waals surface area contributed by atoms with Gasteiger partial charge in [0, 0.05) is 0 Å². The molecule has 6 aromatic rings. The largest absolute Gasteiger partial charge is 0.508 e. The molecule has 0 aromatic heterocycles. The molecule has 6 nitrogen and oxygen atoms in total. The van der Waals surface area contributed by atoms with E-state index in [0.29, 0.717) is 0 Å². The van der Waals surface area contributed by atoms with Crippen molar-refractivity contribution in [3.63, 3.8) is 0 Å². The first kappa shape index (κ1) is 38.5. The Hall–Kier alpha value is -4.69. The third-order valence-electron chi connectivity index (χ3n) is 9.44. The molecular weight excluding hydrogens is 713 g/mol. The van der Waals surface area contributed by atoms with Crippen LogP contribution in [-0.4, -0.2) is 53.7 Å². The van der Waals surface area contributed by atoms with Crippen molar-refractivity contribution in [1.29, 1.82) is 0 Å². The maximum atomic E-state index is 10.2. The van der Waals surface area contributed by atoms with Crippen molar-refractivity contribution in [3.8, 4) is 23.0 Å². The number of hydrogen-bond donors (Lipinski definition) is 4. The molecule has 2 atom stereocenters. The van der Waals surface area contributed by atoms with Crippen molar-refractivity contribution in [2.75, 3.05) is 0 Å². The molecule has 0 heterocycles. The highest BCUT2D eigenvalue weighted by atomic mass is 28.4. The highest BCUT2D eigenvalue weighted by molar-refractivity contribution is 7.08. The van der Waals surface area contributed by atoms with Gasteiger partial charge in [0.1, 0.15) is 23.0 Å². The van der Waals surface area contributed by atoms with Crippen LogP contribution in [0.3, 0.4) is 0 Å². The molecule has 0 aliphatic rings. The van der Waals surface area contributed by atoms with Crippen molar-refractivity contribution in [1.82, 2.24) is 0 Å². The molecule has 0 aliphatic heterocycles. The zero-order valence-electron chi connectivity index (χ0n) is 30.6. The van der Waals surface area contributed by atoms with Crippen molar-refractivity contribution in [2.24, 2.45) is 0 Å². The summed E-state index contributed by atoms with van der Waals surface area (Å²) < 4.78 is 13.9. The second kappa shape index (κ2) is 15.9. The zero-order chi connectivity index (χ0) is 37.6. The lowest BCUT2D eigenvalue weighted by molar-refractivity contribution is 0.474. The van der Waals surface area contributed by atoms with Gasteiger partial charge in [-0.3, -0.25) is 0 Å². The summed E-state index contributed by atoms with van der Waals surface area (Å²) in [6.07, 6.45) is 0. The van der Waals surface area contributed by atoms with Gasteiger partial charge < -0.3 is 28.7 Å². The van der Waals surface area contributed by atoms with Gasteiger partial charge in [-0.05, 0) is 119 Å². The first-order valence-corrected chi connectivity index (χ1v) is 28.0. The minimum Gasteiger partial charge on any atom is -0.508 e. The van der Waals surface area contributed by atoms with E-state index < -0.39 is 33.3 Å². The molecule has 0 radical (unpaired) electrons. The van der Waals surface area contributed by atoms with Crippen LogP contribution >= 0.6 is 0 Å². The lowest BCUT2D eigenvalue weighted by atomic mass is 10.3. The van der Waals surface area contributed by atoms with Gasteiger partial charge in [-0.15, -0.1) is 0 Å². The topological polar surface area (TPSA) is 99.4 Å². The van der Waals surface area contributed by atoms with E-state index >= 15 is 0 Å². The molecule has 52 heavy (non-hydrogen) atoms. The van der Waals surface area contributed by atoms with Crippen LogP contribution < -0.4 is 31.1 Å². The second-order valence-electron chi connectivity index (χ2n) is 14.2. The van der Waals surface area contributed by atoms with Crippen LogP contribution in [0.1, 0.15) is 0 Å². The van der Waals surface area contributed by atoms with Crippen LogP contribution in [0.25, 0.3) is 0 Å². The maximum Gasteiger partial charge on any atom is 0.242 e. The summed E-state index contributed by atoms with van der Waals surface area (Å²) >= 11 is 0. The Morgan fingerprint density at radius 3 is 0.885 bits per heavy atom. The summed E-state index contributed by atoms with van der Waals surface area (Å²) in [6.45, 7) is 12.9. The highest BCUT2D eigenvalue weighted by Crippen LogP contribution is 2.21. The third kappa shape index (κ3) is 9.02. The van der Waals surface area contributed by atoms with E-state index in [4.69, 9.17) is 8.23 Å². The summed E-state index contributed by atoms with van der Waals surface area (Å²) in [5, 5.41) is 46.3. The number of phenols is 4. The quantitative estimate of drug-likeness (QED) is 0.131. The number of aromatic hydroxyl groups is 4. The molecule has 4 N–H and O–H groups in total. The molecule has 2 unspecified atom stereocenters. The predicted molar refractivity (Wildman–Crippen MR) is 223 cm³/mol. The van der Waals surface area contributed by atoms with Crippen LogP contribution in [0.4, 0.5) is 0 Å². The van der Waals surface area contributed by atoms with Gasteiger partial charge in [0.2, 0.25) is 33.3 Å². The van der Waals surface area contributed by atoms with E-state index in [-0.39, 0.29) is 23.0 Å². The van der Waals surface area contributed by atoms with Crippen LogP contribution in [0, 0.1) is 0 Å². The van der Waals surface area contributed by atoms with Gasteiger partial charge in [0.05, 0.1) is 0 Å². The number of benzene rings is 6. The molecule has 6 aromatic carbocycles. The number of rotatable bonds is 10. The summed E-state index contributed by atoms with van der Waals surface area (Å²) in [6, 6.07) is 50.1. The Labute approximate surface area is 311 Å². The summed E-state index contributed by atoms with van der Waals surface area (Å²) in [4.78, 5) is 0. The minimum atomic E-state index is -2.73. The Morgan fingerprint density at radius 2 is 0.577 bits per heavy atom. The minimum absolute atomic E-state index is 0.233. The van der Waals surface area contributed by atoms with Crippen molar-refractivity contribution in [2.45, 2.75) is 39.3 Å². The molecule has 6 rings (SSSR count). The molecule has 10 heteroatoms. The number of phenolic OH excluding ortho intramolecular Hbond substituents is 4. The maximum absolute atomic E-state index is 10.2. The fourth-order valence-corrected chi connectivity index (χ4v) is 23.8. The van der Waals surface area contributed by atoms with E-state index in [1.54, 1.807) is 36.4 Å². The molecule has 0 saturated carbocycles. The van der Waals surface area contributed by atoms with E-state index in [9.17, 15) is 20.4 Å². The fraction of sp³-hybridized carbons (Fsp3) is 0.143. The van der Waals surface area contributed by atoms with Crippen LogP contribution in [0.2, 0.25) is 39.3 Å². The van der Waals surface area contributed by atoms with Crippen molar-refractivity contribution in [3.05, 3.63) is 158 Å². The Kier molecular flexibility index (Phi) is 11.8.